The molecule has 0 N–H and O–H groups in total. The molecule has 1 aromatic heterocycles. The molecule has 0 saturated carbocycles. The van der Waals surface area contributed by atoms with E-state index in [2.05, 4.69) is 11.9 Å². The number of fused-ring (bicyclic) bond motifs is 1. The van der Waals surface area contributed by atoms with Crippen LogP contribution in [0.25, 0.3) is 10.2 Å². The molecule has 0 saturated heterocycles. The van der Waals surface area contributed by atoms with Crippen molar-refractivity contribution in [2.45, 2.75) is 37.6 Å². The van der Waals surface area contributed by atoms with Crippen molar-refractivity contribution in [1.82, 2.24) is 4.57 Å². The van der Waals surface area contributed by atoms with Gasteiger partial charge in [0.15, 0.2) is 14.6 Å². The fourth-order valence-electron chi connectivity index (χ4n) is 3.20. The van der Waals surface area contributed by atoms with Crippen LogP contribution in [0.3, 0.4) is 0 Å². The molecule has 0 aliphatic carbocycles. The molecule has 1 heterocycles. The summed E-state index contributed by atoms with van der Waals surface area (Å²) in [4.78, 5) is 29.3. The third kappa shape index (κ3) is 5.29. The van der Waals surface area contributed by atoms with Gasteiger partial charge < -0.3 is 9.30 Å². The molecular weight excluding hydrogens is 436 g/mol. The lowest BCUT2D eigenvalue weighted by atomic mass is 10.1. The van der Waals surface area contributed by atoms with Gasteiger partial charge in [0.1, 0.15) is 6.54 Å². The Morgan fingerprint density at radius 1 is 1.16 bits per heavy atom. The van der Waals surface area contributed by atoms with E-state index in [-0.39, 0.29) is 17.0 Å². The van der Waals surface area contributed by atoms with Crippen molar-refractivity contribution in [2.75, 3.05) is 13.4 Å². The number of unbranched alkanes of at least 4 members (excludes halogenated alkanes) is 1. The highest BCUT2D eigenvalue weighted by Gasteiger charge is 2.19. The molecule has 0 fully saturated rings. The van der Waals surface area contributed by atoms with Gasteiger partial charge in [-0.15, -0.1) is 0 Å². The molecule has 7 nitrogen and oxygen atoms in total. The van der Waals surface area contributed by atoms with E-state index in [9.17, 15) is 18.0 Å². The molecule has 9 heteroatoms. The standard InChI is InChI=1S/C22H24N2O5S2/c1-4-5-8-15-11-12-17-18(13-15)30-22(24(17)14-20(25)29-2)23-21(26)16-9-6-7-10-19(16)31(3,27)28/h6-7,9-13H,4-5,8,14H2,1-3H3. The number of carbonyl (C=O) groups excluding carboxylic acids is 2. The lowest BCUT2D eigenvalue weighted by molar-refractivity contribution is -0.141. The van der Waals surface area contributed by atoms with Gasteiger partial charge in [-0.2, -0.15) is 4.99 Å². The minimum atomic E-state index is -3.60. The fraction of sp³-hybridized carbons (Fsp3) is 0.318. The molecular formula is C22H24N2O5S2. The molecule has 0 bridgehead atoms. The van der Waals surface area contributed by atoms with Crippen molar-refractivity contribution in [1.29, 1.82) is 0 Å². The SMILES string of the molecule is CCCCc1ccc2c(c1)sc(=NC(=O)c1ccccc1S(C)(=O)=O)n2CC(=O)OC. The molecule has 1 amide bonds. The van der Waals surface area contributed by atoms with Gasteiger partial charge in [0.25, 0.3) is 5.91 Å². The van der Waals surface area contributed by atoms with Gasteiger partial charge in [-0.3, -0.25) is 9.59 Å². The highest BCUT2D eigenvalue weighted by molar-refractivity contribution is 7.90. The lowest BCUT2D eigenvalue weighted by Gasteiger charge is -2.06. The van der Waals surface area contributed by atoms with Gasteiger partial charge in [0.2, 0.25) is 0 Å². The van der Waals surface area contributed by atoms with E-state index >= 15 is 0 Å². The number of sulfone groups is 1. The second-order valence-corrected chi connectivity index (χ2v) is 10.1. The Morgan fingerprint density at radius 3 is 2.58 bits per heavy atom. The summed E-state index contributed by atoms with van der Waals surface area (Å²) in [6, 6.07) is 11.9. The van der Waals surface area contributed by atoms with Crippen molar-refractivity contribution < 1.29 is 22.7 Å². The van der Waals surface area contributed by atoms with Crippen molar-refractivity contribution >= 4 is 43.3 Å². The molecule has 0 radical (unpaired) electrons. The maximum absolute atomic E-state index is 12.9. The first-order valence-corrected chi connectivity index (χ1v) is 12.5. The number of rotatable bonds is 7. The minimum absolute atomic E-state index is 0.00397. The second kappa shape index (κ2) is 9.57. The zero-order chi connectivity index (χ0) is 22.6. The van der Waals surface area contributed by atoms with Gasteiger partial charge in [-0.1, -0.05) is 42.9 Å². The van der Waals surface area contributed by atoms with Crippen LogP contribution in [0, 0.1) is 0 Å². The Kier molecular flexibility index (Phi) is 7.07. The van der Waals surface area contributed by atoms with Gasteiger partial charge in [0.05, 0.1) is 27.8 Å². The number of amides is 1. The Hall–Kier alpha value is -2.78. The number of benzene rings is 2. The van der Waals surface area contributed by atoms with Crippen LogP contribution in [-0.2, 0) is 32.3 Å². The highest BCUT2D eigenvalue weighted by Crippen LogP contribution is 2.21. The van der Waals surface area contributed by atoms with Crippen LogP contribution < -0.4 is 4.80 Å². The van der Waals surface area contributed by atoms with Crippen molar-refractivity contribution in [3.05, 3.63) is 58.4 Å². The highest BCUT2D eigenvalue weighted by atomic mass is 32.2. The fourth-order valence-corrected chi connectivity index (χ4v) is 5.17. The van der Waals surface area contributed by atoms with E-state index < -0.39 is 21.7 Å². The van der Waals surface area contributed by atoms with Crippen LogP contribution >= 0.6 is 11.3 Å². The average molecular weight is 461 g/mol. The summed E-state index contributed by atoms with van der Waals surface area (Å²) in [6.07, 6.45) is 4.14. The normalized spacial score (nSPS) is 12.3. The molecule has 3 aromatic rings. The number of ether oxygens (including phenoxy) is 1. The first-order chi connectivity index (χ1) is 14.7. The van der Waals surface area contributed by atoms with Gasteiger partial charge in [-0.25, -0.2) is 8.42 Å². The summed E-state index contributed by atoms with van der Waals surface area (Å²) in [5, 5.41) is 0. The van der Waals surface area contributed by atoms with E-state index in [4.69, 9.17) is 4.74 Å². The first kappa shape index (κ1) is 22.9. The smallest absolute Gasteiger partial charge is 0.325 e. The summed E-state index contributed by atoms with van der Waals surface area (Å²) in [5.41, 5.74) is 1.93. The van der Waals surface area contributed by atoms with Crippen LogP contribution in [0.2, 0.25) is 0 Å². The van der Waals surface area contributed by atoms with Crippen LogP contribution in [0.4, 0.5) is 0 Å². The number of hydrogen-bond donors (Lipinski definition) is 0. The molecule has 0 aliphatic rings. The van der Waals surface area contributed by atoms with Crippen LogP contribution in [-0.4, -0.2) is 38.2 Å². The third-order valence-electron chi connectivity index (χ3n) is 4.80. The zero-order valence-electron chi connectivity index (χ0n) is 17.6. The largest absolute Gasteiger partial charge is 0.468 e. The van der Waals surface area contributed by atoms with Gasteiger partial charge in [-0.05, 0) is 42.7 Å². The number of hydrogen-bond acceptors (Lipinski definition) is 6. The summed E-state index contributed by atoms with van der Waals surface area (Å²) < 4.78 is 31.4. The summed E-state index contributed by atoms with van der Waals surface area (Å²) in [6.45, 7) is 2.02. The number of thiazole rings is 1. The van der Waals surface area contributed by atoms with Gasteiger partial charge >= 0.3 is 5.97 Å². The molecule has 0 aliphatic heterocycles. The van der Waals surface area contributed by atoms with Crippen LogP contribution in [0.5, 0.6) is 0 Å². The van der Waals surface area contributed by atoms with E-state index in [0.29, 0.717) is 4.80 Å². The number of methoxy groups -OCH3 is 1. The topological polar surface area (TPSA) is 94.8 Å². The predicted octanol–water partition coefficient (Wildman–Crippen LogP) is 3.36. The van der Waals surface area contributed by atoms with Crippen molar-refractivity contribution in [3.8, 4) is 0 Å². The number of nitrogens with zero attached hydrogens (tertiary/aromatic N) is 2. The maximum Gasteiger partial charge on any atom is 0.325 e. The first-order valence-electron chi connectivity index (χ1n) is 9.81. The molecule has 2 aromatic carbocycles. The summed E-state index contributed by atoms with van der Waals surface area (Å²) in [5.74, 6) is -1.16. The van der Waals surface area contributed by atoms with Crippen molar-refractivity contribution in [2.24, 2.45) is 4.99 Å². The Balaban J connectivity index is 2.16. The second-order valence-electron chi connectivity index (χ2n) is 7.14. The molecule has 164 valence electrons. The third-order valence-corrected chi connectivity index (χ3v) is 6.99. The van der Waals surface area contributed by atoms with E-state index in [1.165, 1.54) is 36.1 Å². The van der Waals surface area contributed by atoms with Crippen molar-refractivity contribution in [3.63, 3.8) is 0 Å². The monoisotopic (exact) mass is 460 g/mol. The summed E-state index contributed by atoms with van der Waals surface area (Å²) in [7, 11) is -2.31. The number of carbonyl (C=O) groups is 2. The Bertz CT molecular complexity index is 1300. The van der Waals surface area contributed by atoms with E-state index in [1.807, 2.05) is 18.2 Å². The number of esters is 1. The predicted molar refractivity (Wildman–Crippen MR) is 120 cm³/mol. The van der Waals surface area contributed by atoms with Crippen LogP contribution in [0.1, 0.15) is 35.7 Å². The quantitative estimate of drug-likeness (QED) is 0.504. The number of aryl methyl sites for hydroxylation is 1. The molecule has 0 unspecified atom stereocenters. The van der Waals surface area contributed by atoms with E-state index in [1.54, 1.807) is 16.7 Å². The Morgan fingerprint density at radius 2 is 1.90 bits per heavy atom. The van der Waals surface area contributed by atoms with Gasteiger partial charge in [0, 0.05) is 6.26 Å². The minimum Gasteiger partial charge on any atom is -0.468 e. The average Bonchev–Trinajstić information content (AvgIpc) is 3.07. The zero-order valence-corrected chi connectivity index (χ0v) is 19.3. The lowest BCUT2D eigenvalue weighted by Crippen LogP contribution is -2.22. The van der Waals surface area contributed by atoms with Crippen LogP contribution in [0.15, 0.2) is 52.4 Å². The Labute approximate surface area is 184 Å². The molecule has 0 spiro atoms. The number of aromatic nitrogens is 1. The van der Waals surface area contributed by atoms with E-state index in [0.717, 1.165) is 35.7 Å². The molecule has 31 heavy (non-hydrogen) atoms. The molecule has 0 atom stereocenters. The summed E-state index contributed by atoms with van der Waals surface area (Å²) >= 11 is 1.28. The molecule has 3 rings (SSSR count). The maximum atomic E-state index is 12.9.